The van der Waals surface area contributed by atoms with Crippen molar-refractivity contribution in [2.45, 2.75) is 38.8 Å². The summed E-state index contributed by atoms with van der Waals surface area (Å²) in [5.74, 6) is 1.63. The number of hydrogen-bond acceptors (Lipinski definition) is 5. The summed E-state index contributed by atoms with van der Waals surface area (Å²) in [5, 5.41) is 12.1. The Morgan fingerprint density at radius 3 is 2.48 bits per heavy atom. The molecule has 1 aromatic heterocycles. The van der Waals surface area contributed by atoms with E-state index in [1.165, 1.54) is 5.56 Å². The third-order valence-electron chi connectivity index (χ3n) is 4.59. The molecular weight excluding hydrogens is 384 g/mol. The van der Waals surface area contributed by atoms with Gasteiger partial charge in [0.05, 0.1) is 7.11 Å². The third kappa shape index (κ3) is 5.38. The fourth-order valence-corrected chi connectivity index (χ4v) is 4.09. The zero-order chi connectivity index (χ0) is 20.8. The van der Waals surface area contributed by atoms with Gasteiger partial charge in [-0.1, -0.05) is 29.5 Å². The van der Waals surface area contributed by atoms with Crippen LogP contribution >= 0.6 is 11.8 Å². The number of thioether (sulfide) groups is 1. The van der Waals surface area contributed by atoms with Crippen molar-refractivity contribution in [2.75, 3.05) is 18.2 Å². The van der Waals surface area contributed by atoms with E-state index in [-0.39, 0.29) is 5.91 Å². The Balaban J connectivity index is 1.51. The number of aromatic nitrogens is 3. The quantitative estimate of drug-likeness (QED) is 0.430. The molecule has 0 spiro atoms. The molecule has 7 heteroatoms. The lowest BCUT2D eigenvalue weighted by atomic mass is 10.0. The fraction of sp³-hybridized carbons (Fsp3) is 0.318. The van der Waals surface area contributed by atoms with Crippen molar-refractivity contribution in [1.82, 2.24) is 14.8 Å². The highest BCUT2D eigenvalue weighted by molar-refractivity contribution is 7.99. The van der Waals surface area contributed by atoms with Gasteiger partial charge in [0.1, 0.15) is 12.1 Å². The van der Waals surface area contributed by atoms with Crippen molar-refractivity contribution in [3.05, 3.63) is 59.4 Å². The summed E-state index contributed by atoms with van der Waals surface area (Å²) < 4.78 is 7.13. The number of ether oxygens (including phenoxy) is 1. The first-order valence-corrected chi connectivity index (χ1v) is 10.5. The molecule has 0 saturated heterocycles. The van der Waals surface area contributed by atoms with E-state index in [0.717, 1.165) is 45.6 Å². The largest absolute Gasteiger partial charge is 0.497 e. The minimum atomic E-state index is 0.0391. The maximum atomic E-state index is 12.3. The van der Waals surface area contributed by atoms with Gasteiger partial charge >= 0.3 is 0 Å². The highest BCUT2D eigenvalue weighted by Gasteiger charge is 2.10. The van der Waals surface area contributed by atoms with Crippen LogP contribution in [-0.2, 0) is 4.79 Å². The van der Waals surface area contributed by atoms with Gasteiger partial charge in [0.25, 0.3) is 0 Å². The third-order valence-corrected chi connectivity index (χ3v) is 5.62. The molecule has 1 amide bonds. The molecule has 0 aliphatic carbocycles. The molecule has 1 N–H and O–H groups in total. The SMILES string of the molecule is COc1ccc(-n2cnnc2SCCCC(=O)Nc2c(C)cc(C)cc2C)cc1. The topological polar surface area (TPSA) is 69.0 Å². The van der Waals surface area contributed by atoms with Gasteiger partial charge < -0.3 is 10.1 Å². The van der Waals surface area contributed by atoms with Gasteiger partial charge in [-0.25, -0.2) is 0 Å². The van der Waals surface area contributed by atoms with Crippen LogP contribution in [0.3, 0.4) is 0 Å². The number of amides is 1. The summed E-state index contributed by atoms with van der Waals surface area (Å²) in [5.41, 5.74) is 5.29. The number of rotatable bonds is 8. The Hall–Kier alpha value is -2.80. The van der Waals surface area contributed by atoms with Crippen LogP contribution in [0, 0.1) is 20.8 Å². The Morgan fingerprint density at radius 2 is 1.83 bits per heavy atom. The molecule has 3 aromatic rings. The first-order valence-electron chi connectivity index (χ1n) is 9.53. The van der Waals surface area contributed by atoms with Gasteiger partial charge in [-0.3, -0.25) is 9.36 Å². The molecule has 2 aromatic carbocycles. The van der Waals surface area contributed by atoms with Crippen molar-refractivity contribution >= 4 is 23.4 Å². The van der Waals surface area contributed by atoms with Crippen LogP contribution < -0.4 is 10.1 Å². The van der Waals surface area contributed by atoms with Gasteiger partial charge in [-0.05, 0) is 62.6 Å². The minimum absolute atomic E-state index is 0.0391. The molecule has 152 valence electrons. The van der Waals surface area contributed by atoms with Crippen LogP contribution in [0.1, 0.15) is 29.5 Å². The summed E-state index contributed by atoms with van der Waals surface area (Å²) in [7, 11) is 1.65. The number of nitrogens with one attached hydrogen (secondary N) is 1. The second-order valence-corrected chi connectivity index (χ2v) is 8.02. The normalized spacial score (nSPS) is 10.8. The lowest BCUT2D eigenvalue weighted by Gasteiger charge is -2.12. The van der Waals surface area contributed by atoms with Crippen molar-refractivity contribution < 1.29 is 9.53 Å². The van der Waals surface area contributed by atoms with Gasteiger partial charge in [-0.2, -0.15) is 0 Å². The standard InChI is InChI=1S/C22H26N4O2S/c1-15-12-16(2)21(17(3)13-15)24-20(27)6-5-11-29-22-25-23-14-26(22)18-7-9-19(28-4)10-8-18/h7-10,12-14H,5-6,11H2,1-4H3,(H,24,27). The molecule has 0 aliphatic rings. The van der Waals surface area contributed by atoms with Crippen molar-refractivity contribution in [3.8, 4) is 11.4 Å². The van der Waals surface area contributed by atoms with E-state index in [0.29, 0.717) is 6.42 Å². The van der Waals surface area contributed by atoms with Crippen LogP contribution in [0.4, 0.5) is 5.69 Å². The molecule has 6 nitrogen and oxygen atoms in total. The van der Waals surface area contributed by atoms with E-state index >= 15 is 0 Å². The molecule has 0 unspecified atom stereocenters. The number of carbonyl (C=O) groups excluding carboxylic acids is 1. The van der Waals surface area contributed by atoms with Crippen LogP contribution in [-0.4, -0.2) is 33.5 Å². The van der Waals surface area contributed by atoms with E-state index in [1.54, 1.807) is 25.2 Å². The van der Waals surface area contributed by atoms with Gasteiger partial charge in [0.15, 0.2) is 5.16 Å². The van der Waals surface area contributed by atoms with Crippen LogP contribution in [0.2, 0.25) is 0 Å². The lowest BCUT2D eigenvalue weighted by Crippen LogP contribution is -2.13. The fourth-order valence-electron chi connectivity index (χ4n) is 3.22. The molecule has 29 heavy (non-hydrogen) atoms. The monoisotopic (exact) mass is 410 g/mol. The summed E-state index contributed by atoms with van der Waals surface area (Å²) >= 11 is 1.59. The van der Waals surface area contributed by atoms with E-state index in [1.807, 2.05) is 42.7 Å². The molecule has 0 radical (unpaired) electrons. The molecule has 1 heterocycles. The predicted molar refractivity (Wildman–Crippen MR) is 117 cm³/mol. The second kappa shape index (κ2) is 9.60. The average molecular weight is 411 g/mol. The number of nitrogens with zero attached hydrogens (tertiary/aromatic N) is 3. The van der Waals surface area contributed by atoms with Gasteiger partial charge in [0.2, 0.25) is 5.91 Å². The van der Waals surface area contributed by atoms with Gasteiger partial charge in [0, 0.05) is 23.5 Å². The molecule has 3 rings (SSSR count). The summed E-state index contributed by atoms with van der Waals surface area (Å²) in [6, 6.07) is 11.9. The summed E-state index contributed by atoms with van der Waals surface area (Å²) in [6.45, 7) is 6.11. The van der Waals surface area contributed by atoms with Crippen LogP contribution in [0.5, 0.6) is 5.75 Å². The Morgan fingerprint density at radius 1 is 1.14 bits per heavy atom. The molecule has 0 aliphatic heterocycles. The first kappa shape index (κ1) is 20.9. The van der Waals surface area contributed by atoms with E-state index in [9.17, 15) is 4.79 Å². The number of carbonyl (C=O) groups is 1. The maximum Gasteiger partial charge on any atom is 0.224 e. The highest BCUT2D eigenvalue weighted by Crippen LogP contribution is 2.24. The van der Waals surface area contributed by atoms with Crippen LogP contribution in [0.25, 0.3) is 5.69 Å². The number of methoxy groups -OCH3 is 1. The predicted octanol–water partition coefficient (Wildman–Crippen LogP) is 4.71. The average Bonchev–Trinajstić information content (AvgIpc) is 3.16. The van der Waals surface area contributed by atoms with E-state index in [2.05, 4.69) is 34.6 Å². The summed E-state index contributed by atoms with van der Waals surface area (Å²) in [4.78, 5) is 12.3. The van der Waals surface area contributed by atoms with E-state index in [4.69, 9.17) is 4.74 Å². The Labute approximate surface area is 175 Å². The Bertz CT molecular complexity index is 960. The van der Waals surface area contributed by atoms with Gasteiger partial charge in [-0.15, -0.1) is 10.2 Å². The molecular formula is C22H26N4O2S. The zero-order valence-electron chi connectivity index (χ0n) is 17.2. The molecule has 0 fully saturated rings. The number of aryl methyl sites for hydroxylation is 3. The van der Waals surface area contributed by atoms with E-state index < -0.39 is 0 Å². The van der Waals surface area contributed by atoms with Crippen molar-refractivity contribution in [2.24, 2.45) is 0 Å². The zero-order valence-corrected chi connectivity index (χ0v) is 18.0. The molecule has 0 atom stereocenters. The number of hydrogen-bond donors (Lipinski definition) is 1. The minimum Gasteiger partial charge on any atom is -0.497 e. The highest BCUT2D eigenvalue weighted by atomic mass is 32.2. The molecule has 0 saturated carbocycles. The first-order chi connectivity index (χ1) is 14.0. The van der Waals surface area contributed by atoms with Crippen LogP contribution in [0.15, 0.2) is 47.9 Å². The van der Waals surface area contributed by atoms with Crippen molar-refractivity contribution in [1.29, 1.82) is 0 Å². The van der Waals surface area contributed by atoms with Crippen molar-refractivity contribution in [3.63, 3.8) is 0 Å². The summed E-state index contributed by atoms with van der Waals surface area (Å²) in [6.07, 6.45) is 2.92. The maximum absolute atomic E-state index is 12.3. The smallest absolute Gasteiger partial charge is 0.224 e. The number of benzene rings is 2. The lowest BCUT2D eigenvalue weighted by molar-refractivity contribution is -0.116. The molecule has 0 bridgehead atoms. The second-order valence-electron chi connectivity index (χ2n) is 6.96. The Kier molecular flexibility index (Phi) is 6.93. The number of anilines is 1.